The molecule has 0 spiro atoms. The third kappa shape index (κ3) is 2.72. The van der Waals surface area contributed by atoms with Crippen LogP contribution in [0.15, 0.2) is 18.2 Å². The highest BCUT2D eigenvalue weighted by Gasteiger charge is 2.17. The number of aliphatic carboxylic acids is 1. The topological polar surface area (TPSA) is 46.5 Å². The Morgan fingerprint density at radius 2 is 2.13 bits per heavy atom. The molecule has 0 saturated carbocycles. The van der Waals surface area contributed by atoms with Crippen molar-refractivity contribution in [2.75, 3.05) is 0 Å². The number of hydrogen-bond acceptors (Lipinski definition) is 2. The van der Waals surface area contributed by atoms with Crippen LogP contribution in [0.4, 0.5) is 0 Å². The minimum atomic E-state index is -0.918. The molecule has 0 amide bonds. The molecule has 3 heteroatoms. The third-order valence-corrected chi connectivity index (χ3v) is 2.47. The number of carboxylic acids is 1. The molecular formula is C12H16O3. The standard InChI is InChI=1S/C12H16O3/c1-4-10(12(13)14)15-11-7-5-6-8(2)9(11)3/h5-7,10H,4H2,1-3H3,(H,13,14)/t10-/m0/s1. The first-order valence-corrected chi connectivity index (χ1v) is 5.02. The maximum atomic E-state index is 10.8. The molecule has 0 aromatic heterocycles. The van der Waals surface area contributed by atoms with E-state index in [-0.39, 0.29) is 0 Å². The molecular weight excluding hydrogens is 192 g/mol. The van der Waals surface area contributed by atoms with Crippen LogP contribution in [0.2, 0.25) is 0 Å². The number of aryl methyl sites for hydroxylation is 1. The van der Waals surface area contributed by atoms with E-state index in [0.717, 1.165) is 11.1 Å². The lowest BCUT2D eigenvalue weighted by molar-refractivity contribution is -0.145. The maximum absolute atomic E-state index is 10.8. The fourth-order valence-electron chi connectivity index (χ4n) is 1.31. The van der Waals surface area contributed by atoms with E-state index in [0.29, 0.717) is 12.2 Å². The van der Waals surface area contributed by atoms with Crippen LogP contribution in [0.25, 0.3) is 0 Å². The first kappa shape index (κ1) is 11.6. The summed E-state index contributed by atoms with van der Waals surface area (Å²) in [4.78, 5) is 10.8. The predicted molar refractivity (Wildman–Crippen MR) is 58.3 cm³/mol. The molecule has 1 N–H and O–H groups in total. The molecule has 1 rings (SSSR count). The lowest BCUT2D eigenvalue weighted by Crippen LogP contribution is -2.26. The molecule has 1 aromatic carbocycles. The van der Waals surface area contributed by atoms with E-state index in [1.807, 2.05) is 26.0 Å². The summed E-state index contributed by atoms with van der Waals surface area (Å²) in [7, 11) is 0. The monoisotopic (exact) mass is 208 g/mol. The number of carbonyl (C=O) groups is 1. The van der Waals surface area contributed by atoms with Crippen LogP contribution < -0.4 is 4.74 Å². The minimum absolute atomic E-state index is 0.461. The fraction of sp³-hybridized carbons (Fsp3) is 0.417. The van der Waals surface area contributed by atoms with Crippen LogP contribution in [0.1, 0.15) is 24.5 Å². The van der Waals surface area contributed by atoms with Crippen LogP contribution >= 0.6 is 0 Å². The quantitative estimate of drug-likeness (QED) is 0.827. The first-order chi connectivity index (χ1) is 7.06. The summed E-state index contributed by atoms with van der Waals surface area (Å²) in [6, 6.07) is 5.64. The summed E-state index contributed by atoms with van der Waals surface area (Å²) in [6.07, 6.45) is -0.298. The van der Waals surface area contributed by atoms with Crippen molar-refractivity contribution < 1.29 is 14.6 Å². The average Bonchev–Trinajstić information content (AvgIpc) is 2.19. The Morgan fingerprint density at radius 3 is 2.67 bits per heavy atom. The Hall–Kier alpha value is -1.51. The Labute approximate surface area is 89.7 Å². The SMILES string of the molecule is CC[C@H](Oc1cccc(C)c1C)C(=O)O. The van der Waals surface area contributed by atoms with Gasteiger partial charge in [-0.05, 0) is 37.5 Å². The fourth-order valence-corrected chi connectivity index (χ4v) is 1.31. The molecule has 1 atom stereocenters. The summed E-state index contributed by atoms with van der Waals surface area (Å²) in [5.74, 6) is -0.261. The van der Waals surface area contributed by atoms with Crippen molar-refractivity contribution in [1.82, 2.24) is 0 Å². The van der Waals surface area contributed by atoms with Crippen molar-refractivity contribution in [3.8, 4) is 5.75 Å². The zero-order valence-corrected chi connectivity index (χ0v) is 9.28. The normalized spacial score (nSPS) is 12.2. The van der Waals surface area contributed by atoms with E-state index in [1.54, 1.807) is 13.0 Å². The van der Waals surface area contributed by atoms with Crippen LogP contribution in [-0.2, 0) is 4.79 Å². The van der Waals surface area contributed by atoms with Crippen LogP contribution in [-0.4, -0.2) is 17.2 Å². The smallest absolute Gasteiger partial charge is 0.344 e. The molecule has 0 heterocycles. The highest BCUT2D eigenvalue weighted by Crippen LogP contribution is 2.22. The van der Waals surface area contributed by atoms with E-state index in [4.69, 9.17) is 9.84 Å². The zero-order valence-electron chi connectivity index (χ0n) is 9.28. The molecule has 15 heavy (non-hydrogen) atoms. The first-order valence-electron chi connectivity index (χ1n) is 5.02. The van der Waals surface area contributed by atoms with E-state index in [1.165, 1.54) is 0 Å². The number of rotatable bonds is 4. The van der Waals surface area contributed by atoms with Gasteiger partial charge in [0.2, 0.25) is 0 Å². The molecule has 0 unspecified atom stereocenters. The zero-order chi connectivity index (χ0) is 11.4. The van der Waals surface area contributed by atoms with Crippen molar-refractivity contribution in [3.05, 3.63) is 29.3 Å². The summed E-state index contributed by atoms with van der Waals surface area (Å²) in [5, 5.41) is 8.87. The second-order valence-electron chi connectivity index (χ2n) is 3.55. The third-order valence-electron chi connectivity index (χ3n) is 2.47. The van der Waals surface area contributed by atoms with E-state index >= 15 is 0 Å². The van der Waals surface area contributed by atoms with Crippen molar-refractivity contribution in [1.29, 1.82) is 0 Å². The lowest BCUT2D eigenvalue weighted by Gasteiger charge is -2.15. The van der Waals surface area contributed by atoms with Gasteiger partial charge in [0.25, 0.3) is 0 Å². The second kappa shape index (κ2) is 4.82. The number of hydrogen-bond donors (Lipinski definition) is 1. The Kier molecular flexibility index (Phi) is 3.72. The second-order valence-corrected chi connectivity index (χ2v) is 3.55. The van der Waals surface area contributed by atoms with Crippen LogP contribution in [0.5, 0.6) is 5.75 Å². The van der Waals surface area contributed by atoms with Gasteiger partial charge in [-0.1, -0.05) is 19.1 Å². The largest absolute Gasteiger partial charge is 0.479 e. The average molecular weight is 208 g/mol. The van der Waals surface area contributed by atoms with Gasteiger partial charge in [0.05, 0.1) is 0 Å². The van der Waals surface area contributed by atoms with E-state index < -0.39 is 12.1 Å². The van der Waals surface area contributed by atoms with Gasteiger partial charge in [-0.3, -0.25) is 0 Å². The molecule has 0 aliphatic carbocycles. The van der Waals surface area contributed by atoms with E-state index in [2.05, 4.69) is 0 Å². The van der Waals surface area contributed by atoms with Gasteiger partial charge in [-0.15, -0.1) is 0 Å². The van der Waals surface area contributed by atoms with Crippen molar-refractivity contribution in [3.63, 3.8) is 0 Å². The Morgan fingerprint density at radius 1 is 1.47 bits per heavy atom. The highest BCUT2D eigenvalue weighted by atomic mass is 16.5. The lowest BCUT2D eigenvalue weighted by atomic mass is 10.1. The molecule has 0 aliphatic rings. The number of benzene rings is 1. The molecule has 0 saturated heterocycles. The molecule has 0 radical (unpaired) electrons. The molecule has 0 aliphatic heterocycles. The molecule has 1 aromatic rings. The van der Waals surface area contributed by atoms with Gasteiger partial charge in [-0.25, -0.2) is 4.79 Å². The van der Waals surface area contributed by atoms with E-state index in [9.17, 15) is 4.79 Å². The predicted octanol–water partition coefficient (Wildman–Crippen LogP) is 2.55. The number of ether oxygens (including phenoxy) is 1. The summed E-state index contributed by atoms with van der Waals surface area (Å²) in [6.45, 7) is 5.70. The van der Waals surface area contributed by atoms with Crippen molar-refractivity contribution in [2.45, 2.75) is 33.3 Å². The Bertz CT molecular complexity index is 358. The Balaban J connectivity index is 2.88. The molecule has 82 valence electrons. The summed E-state index contributed by atoms with van der Waals surface area (Å²) < 4.78 is 5.44. The number of carboxylic acid groups (broad SMARTS) is 1. The van der Waals surface area contributed by atoms with Gasteiger partial charge >= 0.3 is 5.97 Å². The highest BCUT2D eigenvalue weighted by molar-refractivity contribution is 5.72. The van der Waals surface area contributed by atoms with Gasteiger partial charge in [0.15, 0.2) is 6.10 Å². The summed E-state index contributed by atoms with van der Waals surface area (Å²) >= 11 is 0. The van der Waals surface area contributed by atoms with Crippen molar-refractivity contribution >= 4 is 5.97 Å². The van der Waals surface area contributed by atoms with Gasteiger partial charge < -0.3 is 9.84 Å². The van der Waals surface area contributed by atoms with Crippen LogP contribution in [0, 0.1) is 13.8 Å². The molecule has 0 bridgehead atoms. The van der Waals surface area contributed by atoms with Gasteiger partial charge in [0, 0.05) is 0 Å². The van der Waals surface area contributed by atoms with Gasteiger partial charge in [-0.2, -0.15) is 0 Å². The van der Waals surface area contributed by atoms with Gasteiger partial charge in [0.1, 0.15) is 5.75 Å². The molecule has 3 nitrogen and oxygen atoms in total. The summed E-state index contributed by atoms with van der Waals surface area (Å²) in [5.41, 5.74) is 2.10. The van der Waals surface area contributed by atoms with Crippen molar-refractivity contribution in [2.24, 2.45) is 0 Å². The molecule has 0 fully saturated rings. The van der Waals surface area contributed by atoms with Crippen LogP contribution in [0.3, 0.4) is 0 Å². The maximum Gasteiger partial charge on any atom is 0.344 e. The minimum Gasteiger partial charge on any atom is -0.479 e.